The number of hydrogen-bond donors (Lipinski definition) is 0. The molecule has 108 valence electrons. The van der Waals surface area contributed by atoms with Crippen LogP contribution in [0.4, 0.5) is 0 Å². The first-order valence-electron chi connectivity index (χ1n) is 7.04. The molecule has 0 aromatic heterocycles. The van der Waals surface area contributed by atoms with Gasteiger partial charge in [-0.2, -0.15) is 0 Å². The van der Waals surface area contributed by atoms with Crippen LogP contribution in [-0.2, 0) is 14.9 Å². The Bertz CT molecular complexity index is 560. The van der Waals surface area contributed by atoms with Gasteiger partial charge < -0.3 is 4.74 Å². The molecular weight excluding hydrogens is 260 g/mol. The molecule has 0 unspecified atom stereocenters. The van der Waals surface area contributed by atoms with Crippen LogP contribution in [0.3, 0.4) is 0 Å². The molecule has 2 rings (SSSR count). The molecule has 0 spiro atoms. The van der Waals surface area contributed by atoms with E-state index in [1.807, 2.05) is 49.4 Å². The van der Waals surface area contributed by atoms with Crippen molar-refractivity contribution in [2.24, 2.45) is 0 Å². The van der Waals surface area contributed by atoms with Gasteiger partial charge in [-0.15, -0.1) is 0 Å². The first-order valence-corrected chi connectivity index (χ1v) is 7.04. The van der Waals surface area contributed by atoms with Gasteiger partial charge in [-0.3, -0.25) is 4.79 Å². The van der Waals surface area contributed by atoms with E-state index in [0.717, 1.165) is 11.1 Å². The van der Waals surface area contributed by atoms with Crippen LogP contribution < -0.4 is 0 Å². The molecule has 0 N–H and O–H groups in total. The first kappa shape index (κ1) is 15.0. The third-order valence-electron chi connectivity index (χ3n) is 3.68. The summed E-state index contributed by atoms with van der Waals surface area (Å²) < 4.78 is 4.92. The maximum absolute atomic E-state index is 12.0. The van der Waals surface area contributed by atoms with Gasteiger partial charge in [0.25, 0.3) is 0 Å². The van der Waals surface area contributed by atoms with Crippen LogP contribution in [0.1, 0.15) is 24.5 Å². The van der Waals surface area contributed by atoms with Crippen LogP contribution in [0.5, 0.6) is 0 Å². The summed E-state index contributed by atoms with van der Waals surface area (Å²) in [6, 6.07) is 20.1. The van der Waals surface area contributed by atoms with Crippen LogP contribution >= 0.6 is 0 Å². The lowest BCUT2D eigenvalue weighted by Gasteiger charge is -2.31. The highest BCUT2D eigenvalue weighted by Crippen LogP contribution is 2.37. The molecule has 0 atom stereocenters. The standard InChI is InChI=1S/C19H20O2/c1-3-14-19(15-18(20)21-2,16-10-6-4-7-11-16)17-12-8-5-9-13-17/h3-14H,15H2,1-2H3/b14-3-. The Kier molecular flexibility index (Phi) is 4.94. The van der Waals surface area contributed by atoms with Crippen LogP contribution in [0.2, 0.25) is 0 Å². The van der Waals surface area contributed by atoms with Crippen LogP contribution in [0, 0.1) is 0 Å². The van der Waals surface area contributed by atoms with Crippen molar-refractivity contribution in [3.8, 4) is 0 Å². The van der Waals surface area contributed by atoms with Gasteiger partial charge in [0.15, 0.2) is 0 Å². The number of ether oxygens (including phenoxy) is 1. The highest BCUT2D eigenvalue weighted by molar-refractivity contribution is 5.73. The lowest BCUT2D eigenvalue weighted by molar-refractivity contribution is -0.141. The van der Waals surface area contributed by atoms with Gasteiger partial charge in [0.05, 0.1) is 13.5 Å². The van der Waals surface area contributed by atoms with Gasteiger partial charge >= 0.3 is 5.97 Å². The van der Waals surface area contributed by atoms with Crippen LogP contribution in [-0.4, -0.2) is 13.1 Å². The summed E-state index contributed by atoms with van der Waals surface area (Å²) in [5.74, 6) is -0.221. The zero-order valence-corrected chi connectivity index (χ0v) is 12.5. The fourth-order valence-electron chi connectivity index (χ4n) is 2.68. The Hall–Kier alpha value is -2.35. The number of carbonyl (C=O) groups excluding carboxylic acids is 1. The van der Waals surface area contributed by atoms with Gasteiger partial charge in [0.2, 0.25) is 0 Å². The van der Waals surface area contributed by atoms with E-state index in [2.05, 4.69) is 30.3 Å². The third-order valence-corrected chi connectivity index (χ3v) is 3.68. The Labute approximate surface area is 126 Å². The highest BCUT2D eigenvalue weighted by atomic mass is 16.5. The average Bonchev–Trinajstić information content (AvgIpc) is 2.56. The minimum atomic E-state index is -0.496. The minimum absolute atomic E-state index is 0.221. The number of esters is 1. The van der Waals surface area contributed by atoms with E-state index in [9.17, 15) is 4.79 Å². The molecule has 2 nitrogen and oxygen atoms in total. The zero-order valence-electron chi connectivity index (χ0n) is 12.5. The summed E-state index contributed by atoms with van der Waals surface area (Å²) in [6.45, 7) is 1.97. The number of methoxy groups -OCH3 is 1. The van der Waals surface area contributed by atoms with Gasteiger partial charge in [0.1, 0.15) is 0 Å². The van der Waals surface area contributed by atoms with Crippen molar-refractivity contribution in [1.29, 1.82) is 0 Å². The van der Waals surface area contributed by atoms with Crippen molar-refractivity contribution in [2.45, 2.75) is 18.8 Å². The molecule has 0 saturated heterocycles. The largest absolute Gasteiger partial charge is 0.469 e. The molecule has 2 heteroatoms. The van der Waals surface area contributed by atoms with Crippen molar-refractivity contribution in [3.63, 3.8) is 0 Å². The molecule has 0 aliphatic rings. The first-order chi connectivity index (χ1) is 10.2. The number of rotatable bonds is 5. The van der Waals surface area contributed by atoms with Gasteiger partial charge in [-0.1, -0.05) is 72.8 Å². The minimum Gasteiger partial charge on any atom is -0.469 e. The predicted molar refractivity (Wildman–Crippen MR) is 85.1 cm³/mol. The Balaban J connectivity index is 2.63. The second kappa shape index (κ2) is 6.89. The van der Waals surface area contributed by atoms with Gasteiger partial charge in [-0.05, 0) is 18.1 Å². The summed E-state index contributed by atoms with van der Waals surface area (Å²) in [4.78, 5) is 12.0. The smallest absolute Gasteiger partial charge is 0.307 e. The SMILES string of the molecule is C/C=C\C(CC(=O)OC)(c1ccccc1)c1ccccc1. The number of carbonyl (C=O) groups is 1. The molecule has 0 amide bonds. The number of benzene rings is 2. The van der Waals surface area contributed by atoms with Crippen LogP contribution in [0.25, 0.3) is 0 Å². The second-order valence-electron chi connectivity index (χ2n) is 4.96. The molecule has 21 heavy (non-hydrogen) atoms. The summed E-state index contributed by atoms with van der Waals surface area (Å²) in [7, 11) is 1.43. The fourth-order valence-corrected chi connectivity index (χ4v) is 2.68. The highest BCUT2D eigenvalue weighted by Gasteiger charge is 2.34. The summed E-state index contributed by atoms with van der Waals surface area (Å²) in [5, 5.41) is 0. The van der Waals surface area contributed by atoms with Crippen molar-refractivity contribution in [1.82, 2.24) is 0 Å². The number of allylic oxidation sites excluding steroid dienone is 2. The monoisotopic (exact) mass is 280 g/mol. The summed E-state index contributed by atoms with van der Waals surface area (Å²) in [5.41, 5.74) is 1.67. The topological polar surface area (TPSA) is 26.3 Å². The predicted octanol–water partition coefficient (Wildman–Crippen LogP) is 4.11. The van der Waals surface area contributed by atoms with Crippen molar-refractivity contribution in [3.05, 3.63) is 83.9 Å². The van der Waals surface area contributed by atoms with Gasteiger partial charge in [-0.25, -0.2) is 0 Å². The molecule has 0 saturated carbocycles. The van der Waals surface area contributed by atoms with E-state index in [4.69, 9.17) is 4.74 Å². The van der Waals surface area contributed by atoms with E-state index in [0.29, 0.717) is 0 Å². The Morgan fingerprint density at radius 1 is 1.00 bits per heavy atom. The number of hydrogen-bond acceptors (Lipinski definition) is 2. The molecule has 0 radical (unpaired) electrons. The lowest BCUT2D eigenvalue weighted by Crippen LogP contribution is -2.29. The summed E-state index contributed by atoms with van der Waals surface area (Å²) >= 11 is 0. The maximum atomic E-state index is 12.0. The molecule has 0 aliphatic carbocycles. The third kappa shape index (κ3) is 3.22. The Morgan fingerprint density at radius 2 is 1.48 bits per heavy atom. The zero-order chi connectivity index (χ0) is 15.1. The van der Waals surface area contributed by atoms with Crippen LogP contribution in [0.15, 0.2) is 72.8 Å². The van der Waals surface area contributed by atoms with E-state index < -0.39 is 5.41 Å². The molecule has 2 aromatic rings. The fraction of sp³-hybridized carbons (Fsp3) is 0.211. The second-order valence-corrected chi connectivity index (χ2v) is 4.96. The van der Waals surface area contributed by atoms with Crippen molar-refractivity contribution < 1.29 is 9.53 Å². The quantitative estimate of drug-likeness (QED) is 0.608. The average molecular weight is 280 g/mol. The summed E-state index contributed by atoms with van der Waals surface area (Å²) in [6.07, 6.45) is 4.35. The van der Waals surface area contributed by atoms with E-state index >= 15 is 0 Å². The van der Waals surface area contributed by atoms with E-state index in [-0.39, 0.29) is 12.4 Å². The normalized spacial score (nSPS) is 11.5. The molecular formula is C19H20O2. The molecule has 0 aliphatic heterocycles. The van der Waals surface area contributed by atoms with E-state index in [1.54, 1.807) is 0 Å². The lowest BCUT2D eigenvalue weighted by atomic mass is 9.72. The molecule has 0 bridgehead atoms. The maximum Gasteiger partial charge on any atom is 0.307 e. The van der Waals surface area contributed by atoms with Gasteiger partial charge in [0, 0.05) is 5.41 Å². The molecule has 0 fully saturated rings. The molecule has 2 aromatic carbocycles. The Morgan fingerprint density at radius 3 is 1.86 bits per heavy atom. The van der Waals surface area contributed by atoms with E-state index in [1.165, 1.54) is 7.11 Å². The molecule has 0 heterocycles. The van der Waals surface area contributed by atoms with Crippen molar-refractivity contribution in [2.75, 3.05) is 7.11 Å². The van der Waals surface area contributed by atoms with Crippen molar-refractivity contribution >= 4 is 5.97 Å².